The van der Waals surface area contributed by atoms with Crippen molar-refractivity contribution in [1.82, 2.24) is 4.98 Å². The van der Waals surface area contributed by atoms with Crippen LogP contribution in [0.25, 0.3) is 0 Å². The SMILES string of the molecule is CC(=O)N(c1nc(COC(=O)C[C@H]2C[C@@H]3CC[C@@H]2C3)cs1)c1ccc(C)cc1C. The predicted molar refractivity (Wildman–Crippen MR) is 114 cm³/mol. The minimum Gasteiger partial charge on any atom is -0.459 e. The van der Waals surface area contributed by atoms with Crippen molar-refractivity contribution in [3.05, 3.63) is 40.4 Å². The number of hydrogen-bond acceptors (Lipinski definition) is 5. The number of benzene rings is 1. The van der Waals surface area contributed by atoms with E-state index in [9.17, 15) is 9.59 Å². The third kappa shape index (κ3) is 4.37. The van der Waals surface area contributed by atoms with Crippen molar-refractivity contribution in [3.63, 3.8) is 0 Å². The predicted octanol–water partition coefficient (Wildman–Crippen LogP) is 5.31. The van der Waals surface area contributed by atoms with E-state index in [2.05, 4.69) is 11.1 Å². The third-order valence-corrected chi connectivity index (χ3v) is 7.21. The molecule has 2 aliphatic rings. The van der Waals surface area contributed by atoms with Gasteiger partial charge in [-0.3, -0.25) is 14.5 Å². The summed E-state index contributed by atoms with van der Waals surface area (Å²) in [5.41, 5.74) is 3.69. The number of amides is 1. The summed E-state index contributed by atoms with van der Waals surface area (Å²) in [4.78, 5) is 30.8. The monoisotopic (exact) mass is 412 g/mol. The smallest absolute Gasteiger partial charge is 0.306 e. The number of rotatable bonds is 6. The molecule has 0 aliphatic heterocycles. The van der Waals surface area contributed by atoms with Crippen molar-refractivity contribution >= 4 is 34.0 Å². The molecule has 2 bridgehead atoms. The lowest BCUT2D eigenvalue weighted by Gasteiger charge is -2.20. The fraction of sp³-hybridized carbons (Fsp3) is 0.522. The Morgan fingerprint density at radius 2 is 2.07 bits per heavy atom. The largest absolute Gasteiger partial charge is 0.459 e. The first-order chi connectivity index (χ1) is 13.9. The van der Waals surface area contributed by atoms with Crippen LogP contribution in [0.5, 0.6) is 0 Å². The molecule has 29 heavy (non-hydrogen) atoms. The number of carbonyl (C=O) groups excluding carboxylic acids is 2. The van der Waals surface area contributed by atoms with E-state index in [1.165, 1.54) is 43.9 Å². The van der Waals surface area contributed by atoms with Crippen molar-refractivity contribution in [1.29, 1.82) is 0 Å². The van der Waals surface area contributed by atoms with Gasteiger partial charge in [-0.25, -0.2) is 4.98 Å². The number of fused-ring (bicyclic) bond motifs is 2. The van der Waals surface area contributed by atoms with Crippen LogP contribution in [0.4, 0.5) is 10.8 Å². The van der Waals surface area contributed by atoms with E-state index < -0.39 is 0 Å². The molecule has 6 heteroatoms. The molecule has 3 atom stereocenters. The van der Waals surface area contributed by atoms with E-state index in [-0.39, 0.29) is 18.5 Å². The summed E-state index contributed by atoms with van der Waals surface area (Å²) in [6.07, 6.45) is 5.62. The maximum atomic E-state index is 12.3. The summed E-state index contributed by atoms with van der Waals surface area (Å²) in [5, 5.41) is 2.46. The summed E-state index contributed by atoms with van der Waals surface area (Å²) in [6, 6.07) is 5.99. The van der Waals surface area contributed by atoms with Crippen molar-refractivity contribution in [2.45, 2.75) is 59.5 Å². The van der Waals surface area contributed by atoms with E-state index in [1.54, 1.807) is 4.90 Å². The Labute approximate surface area is 176 Å². The zero-order valence-electron chi connectivity index (χ0n) is 17.3. The number of anilines is 2. The van der Waals surface area contributed by atoms with E-state index in [0.717, 1.165) is 28.7 Å². The molecule has 0 saturated heterocycles. The number of nitrogens with zero attached hydrogens (tertiary/aromatic N) is 2. The first-order valence-corrected chi connectivity index (χ1v) is 11.3. The molecule has 0 unspecified atom stereocenters. The summed E-state index contributed by atoms with van der Waals surface area (Å²) < 4.78 is 5.50. The van der Waals surface area contributed by atoms with Gasteiger partial charge in [0.25, 0.3) is 0 Å². The summed E-state index contributed by atoms with van der Waals surface area (Å²) in [7, 11) is 0. The summed E-state index contributed by atoms with van der Waals surface area (Å²) in [5.74, 6) is 1.84. The van der Waals surface area contributed by atoms with Gasteiger partial charge in [-0.1, -0.05) is 24.1 Å². The van der Waals surface area contributed by atoms with E-state index in [0.29, 0.717) is 23.2 Å². The number of carbonyl (C=O) groups is 2. The molecule has 0 spiro atoms. The Morgan fingerprint density at radius 3 is 2.72 bits per heavy atom. The number of thiazole rings is 1. The van der Waals surface area contributed by atoms with Gasteiger partial charge in [0.2, 0.25) is 5.91 Å². The highest BCUT2D eigenvalue weighted by Gasteiger charge is 2.40. The molecule has 5 nitrogen and oxygen atoms in total. The Bertz CT molecular complexity index is 923. The molecule has 2 fully saturated rings. The van der Waals surface area contributed by atoms with Crippen molar-refractivity contribution in [2.75, 3.05) is 4.90 Å². The maximum Gasteiger partial charge on any atom is 0.306 e. The Morgan fingerprint density at radius 1 is 1.24 bits per heavy atom. The standard InChI is InChI=1S/C23H28N2O3S/c1-14-4-7-21(15(2)8-14)25(16(3)26)23-24-20(13-29-23)12-28-22(27)11-19-10-17-5-6-18(19)9-17/h4,7-8,13,17-19H,5-6,9-12H2,1-3H3/t17-,18-,19-/m1/s1. The van der Waals surface area contributed by atoms with Gasteiger partial charge in [0, 0.05) is 18.7 Å². The topological polar surface area (TPSA) is 59.5 Å². The Balaban J connectivity index is 1.39. The van der Waals surface area contributed by atoms with Gasteiger partial charge in [-0.15, -0.1) is 11.3 Å². The number of hydrogen-bond donors (Lipinski definition) is 0. The van der Waals surface area contributed by atoms with Crippen LogP contribution in [0.2, 0.25) is 0 Å². The lowest BCUT2D eigenvalue weighted by molar-refractivity contribution is -0.146. The highest BCUT2D eigenvalue weighted by atomic mass is 32.1. The van der Waals surface area contributed by atoms with Crippen LogP contribution in [-0.4, -0.2) is 16.9 Å². The first-order valence-electron chi connectivity index (χ1n) is 10.4. The molecule has 1 aromatic heterocycles. The quantitative estimate of drug-likeness (QED) is 0.603. The van der Waals surface area contributed by atoms with E-state index in [1.807, 2.05) is 31.4 Å². The average Bonchev–Trinajstić information content (AvgIpc) is 3.39. The van der Waals surface area contributed by atoms with Gasteiger partial charge in [0.05, 0.1) is 11.4 Å². The van der Waals surface area contributed by atoms with Crippen LogP contribution in [-0.2, 0) is 20.9 Å². The Hall–Kier alpha value is -2.21. The van der Waals surface area contributed by atoms with Gasteiger partial charge >= 0.3 is 5.97 Å². The van der Waals surface area contributed by atoms with Crippen molar-refractivity contribution < 1.29 is 14.3 Å². The zero-order valence-corrected chi connectivity index (χ0v) is 18.1. The summed E-state index contributed by atoms with van der Waals surface area (Å²) >= 11 is 1.39. The van der Waals surface area contributed by atoms with Crippen LogP contribution in [0.15, 0.2) is 23.6 Å². The Kier molecular flexibility index (Phi) is 5.72. The van der Waals surface area contributed by atoms with Gasteiger partial charge in [0.1, 0.15) is 6.61 Å². The minimum absolute atomic E-state index is 0.0915. The fourth-order valence-corrected chi connectivity index (χ4v) is 5.85. The first kappa shape index (κ1) is 20.1. The molecule has 2 aromatic rings. The summed E-state index contributed by atoms with van der Waals surface area (Å²) in [6.45, 7) is 5.72. The van der Waals surface area contributed by atoms with Gasteiger partial charge in [-0.05, 0) is 62.5 Å². The lowest BCUT2D eigenvalue weighted by Crippen LogP contribution is -2.23. The number of aryl methyl sites for hydroxylation is 2. The van der Waals surface area contributed by atoms with Gasteiger partial charge in [0.15, 0.2) is 5.13 Å². The van der Waals surface area contributed by atoms with Gasteiger partial charge < -0.3 is 4.74 Å². The lowest BCUT2D eigenvalue weighted by atomic mass is 9.86. The van der Waals surface area contributed by atoms with Crippen LogP contribution in [0.3, 0.4) is 0 Å². The fourth-order valence-electron chi connectivity index (χ4n) is 4.98. The molecule has 154 valence electrons. The second-order valence-corrected chi connectivity index (χ2v) is 9.40. The highest BCUT2D eigenvalue weighted by molar-refractivity contribution is 7.14. The van der Waals surface area contributed by atoms with E-state index >= 15 is 0 Å². The molecule has 4 rings (SSSR count). The van der Waals surface area contributed by atoms with Crippen LogP contribution in [0.1, 0.15) is 55.8 Å². The van der Waals surface area contributed by atoms with Crippen molar-refractivity contribution in [2.24, 2.45) is 17.8 Å². The number of esters is 1. The third-order valence-electron chi connectivity index (χ3n) is 6.33. The second-order valence-electron chi connectivity index (χ2n) is 8.57. The normalized spacial score (nSPS) is 22.7. The average molecular weight is 413 g/mol. The maximum absolute atomic E-state index is 12.3. The number of aromatic nitrogens is 1. The van der Waals surface area contributed by atoms with Crippen LogP contribution < -0.4 is 4.90 Å². The molecular formula is C23H28N2O3S. The molecule has 0 radical (unpaired) electrons. The molecule has 1 heterocycles. The number of ether oxygens (including phenoxy) is 1. The molecular weight excluding hydrogens is 384 g/mol. The second kappa shape index (κ2) is 8.27. The molecule has 0 N–H and O–H groups in total. The van der Waals surface area contributed by atoms with Gasteiger partial charge in [-0.2, -0.15) is 0 Å². The molecule has 2 saturated carbocycles. The highest BCUT2D eigenvalue weighted by Crippen LogP contribution is 2.49. The molecule has 1 aromatic carbocycles. The molecule has 1 amide bonds. The minimum atomic E-state index is -0.130. The zero-order chi connectivity index (χ0) is 20.5. The van der Waals surface area contributed by atoms with Crippen LogP contribution in [0, 0.1) is 31.6 Å². The van der Waals surface area contributed by atoms with Crippen LogP contribution >= 0.6 is 11.3 Å². The molecule has 2 aliphatic carbocycles. The van der Waals surface area contributed by atoms with E-state index in [4.69, 9.17) is 4.74 Å². The van der Waals surface area contributed by atoms with Crippen molar-refractivity contribution in [3.8, 4) is 0 Å².